The van der Waals surface area contributed by atoms with Crippen molar-refractivity contribution >= 4 is 29.1 Å². The lowest BCUT2D eigenvalue weighted by Gasteiger charge is -2.10. The summed E-state index contributed by atoms with van der Waals surface area (Å²) < 4.78 is 18.5. The van der Waals surface area contributed by atoms with Crippen LogP contribution in [0.1, 0.15) is 16.1 Å². The highest BCUT2D eigenvalue weighted by Crippen LogP contribution is 2.20. The first-order chi connectivity index (χ1) is 13.1. The zero-order valence-corrected chi connectivity index (χ0v) is 15.1. The smallest absolute Gasteiger partial charge is 0.274 e. The third kappa shape index (κ3) is 4.71. The summed E-state index contributed by atoms with van der Waals surface area (Å²) in [5, 5.41) is 5.60. The third-order valence-electron chi connectivity index (χ3n) is 3.70. The average molecular weight is 387 g/mol. The molecule has 27 heavy (non-hydrogen) atoms. The van der Waals surface area contributed by atoms with Crippen LogP contribution in [0.25, 0.3) is 0 Å². The van der Waals surface area contributed by atoms with Crippen molar-refractivity contribution in [3.63, 3.8) is 0 Å². The summed E-state index contributed by atoms with van der Waals surface area (Å²) in [5.74, 6) is 0.0257. The van der Waals surface area contributed by atoms with Crippen LogP contribution < -0.4 is 15.4 Å². The monoisotopic (exact) mass is 386 g/mol. The Kier molecular flexibility index (Phi) is 5.83. The van der Waals surface area contributed by atoms with E-state index in [9.17, 15) is 9.18 Å². The van der Waals surface area contributed by atoms with E-state index in [0.717, 1.165) is 11.3 Å². The zero-order valence-electron chi connectivity index (χ0n) is 14.4. The van der Waals surface area contributed by atoms with Crippen molar-refractivity contribution < 1.29 is 13.9 Å². The lowest BCUT2D eigenvalue weighted by Crippen LogP contribution is -2.15. The molecule has 0 aliphatic heterocycles. The van der Waals surface area contributed by atoms with Crippen LogP contribution in [-0.4, -0.2) is 23.0 Å². The maximum Gasteiger partial charge on any atom is 0.274 e. The van der Waals surface area contributed by atoms with Crippen LogP contribution in [0.4, 0.5) is 16.0 Å². The van der Waals surface area contributed by atoms with Crippen molar-refractivity contribution in [3.05, 3.63) is 76.8 Å². The van der Waals surface area contributed by atoms with Crippen LogP contribution in [0.15, 0.2) is 54.7 Å². The number of nitrogens with zero attached hydrogens (tertiary/aromatic N) is 2. The van der Waals surface area contributed by atoms with Gasteiger partial charge in [-0.15, -0.1) is 0 Å². The number of anilines is 2. The van der Waals surface area contributed by atoms with Crippen molar-refractivity contribution in [2.75, 3.05) is 17.7 Å². The largest absolute Gasteiger partial charge is 0.496 e. The third-order valence-corrected chi connectivity index (χ3v) is 3.98. The number of hydrogen-bond acceptors (Lipinski definition) is 5. The van der Waals surface area contributed by atoms with E-state index in [1.165, 1.54) is 30.5 Å². The number of rotatable bonds is 6. The summed E-state index contributed by atoms with van der Waals surface area (Å²) in [6.45, 7) is 0.433. The molecule has 0 unspecified atom stereocenters. The molecular weight excluding hydrogens is 371 g/mol. The number of carbonyl (C=O) groups is 1. The second-order valence-corrected chi connectivity index (χ2v) is 5.92. The Morgan fingerprint density at radius 2 is 2.04 bits per heavy atom. The molecule has 2 aromatic carbocycles. The molecule has 0 spiro atoms. The van der Waals surface area contributed by atoms with Gasteiger partial charge >= 0.3 is 0 Å². The predicted molar refractivity (Wildman–Crippen MR) is 102 cm³/mol. The number of methoxy groups -OCH3 is 1. The average Bonchev–Trinajstić information content (AvgIpc) is 2.69. The molecule has 0 aliphatic carbocycles. The van der Waals surface area contributed by atoms with Crippen LogP contribution in [0, 0.1) is 5.82 Å². The summed E-state index contributed by atoms with van der Waals surface area (Å²) in [5.41, 5.74) is 1.46. The highest BCUT2D eigenvalue weighted by molar-refractivity contribution is 6.31. The van der Waals surface area contributed by atoms with Crippen LogP contribution in [0.3, 0.4) is 0 Å². The number of amides is 1. The number of benzene rings is 2. The van der Waals surface area contributed by atoms with Crippen molar-refractivity contribution in [2.45, 2.75) is 6.54 Å². The normalized spacial score (nSPS) is 10.3. The van der Waals surface area contributed by atoms with Crippen molar-refractivity contribution in [3.8, 4) is 5.75 Å². The fourth-order valence-electron chi connectivity index (χ4n) is 2.36. The highest BCUT2D eigenvalue weighted by Gasteiger charge is 2.11. The molecule has 138 valence electrons. The fourth-order valence-corrected chi connectivity index (χ4v) is 2.54. The van der Waals surface area contributed by atoms with Gasteiger partial charge in [-0.2, -0.15) is 0 Å². The standard InChI is InChI=1S/C19H16ClFN4O2/c1-27-17-5-3-2-4-12(17)11-23-19-22-9-8-16(25-19)18(26)24-13-6-7-15(21)14(20)10-13/h2-10H,11H2,1H3,(H,24,26)(H,22,23,25). The zero-order chi connectivity index (χ0) is 19.2. The van der Waals surface area contributed by atoms with Crippen molar-refractivity contribution in [1.29, 1.82) is 0 Å². The van der Waals surface area contributed by atoms with E-state index in [4.69, 9.17) is 16.3 Å². The molecule has 0 saturated carbocycles. The summed E-state index contributed by atoms with van der Waals surface area (Å²) >= 11 is 5.72. The molecule has 1 aromatic heterocycles. The number of para-hydroxylation sites is 1. The fraction of sp³-hybridized carbons (Fsp3) is 0.105. The van der Waals surface area contributed by atoms with Gasteiger partial charge in [0.25, 0.3) is 5.91 Å². The quantitative estimate of drug-likeness (QED) is 0.665. The Labute approximate surface area is 160 Å². The summed E-state index contributed by atoms with van der Waals surface area (Å²) in [6.07, 6.45) is 1.48. The van der Waals surface area contributed by atoms with Crippen molar-refractivity contribution in [1.82, 2.24) is 9.97 Å². The first-order valence-corrected chi connectivity index (χ1v) is 8.40. The Balaban J connectivity index is 1.69. The highest BCUT2D eigenvalue weighted by atomic mass is 35.5. The maximum absolute atomic E-state index is 13.2. The lowest BCUT2D eigenvalue weighted by atomic mass is 10.2. The lowest BCUT2D eigenvalue weighted by molar-refractivity contribution is 0.102. The molecule has 1 amide bonds. The molecule has 0 aliphatic rings. The Morgan fingerprint density at radius 3 is 2.81 bits per heavy atom. The minimum Gasteiger partial charge on any atom is -0.496 e. The van der Waals surface area contributed by atoms with Gasteiger partial charge < -0.3 is 15.4 Å². The first-order valence-electron chi connectivity index (χ1n) is 8.02. The molecular formula is C19H16ClFN4O2. The van der Waals surface area contributed by atoms with Gasteiger partial charge in [-0.05, 0) is 30.3 Å². The SMILES string of the molecule is COc1ccccc1CNc1nccc(C(=O)Nc2ccc(F)c(Cl)c2)n1. The minimum absolute atomic E-state index is 0.0744. The number of hydrogen-bond donors (Lipinski definition) is 2. The van der Waals surface area contributed by atoms with Crippen LogP contribution in [-0.2, 0) is 6.54 Å². The van der Waals surface area contributed by atoms with Gasteiger partial charge in [-0.3, -0.25) is 4.79 Å². The van der Waals surface area contributed by atoms with Gasteiger partial charge in [0.05, 0.1) is 12.1 Å². The van der Waals surface area contributed by atoms with E-state index in [1.807, 2.05) is 24.3 Å². The van der Waals surface area contributed by atoms with Crippen LogP contribution in [0.2, 0.25) is 5.02 Å². The first kappa shape index (κ1) is 18.6. The summed E-state index contributed by atoms with van der Waals surface area (Å²) in [4.78, 5) is 20.7. The van der Waals surface area contributed by atoms with Gasteiger partial charge in [0, 0.05) is 24.0 Å². The van der Waals surface area contributed by atoms with Crippen molar-refractivity contribution in [2.24, 2.45) is 0 Å². The molecule has 3 rings (SSSR count). The second kappa shape index (κ2) is 8.46. The van der Waals surface area contributed by atoms with Gasteiger partial charge in [0.15, 0.2) is 0 Å². The molecule has 0 bridgehead atoms. The van der Waals surface area contributed by atoms with Gasteiger partial charge in [0.2, 0.25) is 5.95 Å². The molecule has 0 radical (unpaired) electrons. The molecule has 1 heterocycles. The topological polar surface area (TPSA) is 76.1 Å². The number of nitrogens with one attached hydrogen (secondary N) is 2. The molecule has 0 fully saturated rings. The maximum atomic E-state index is 13.2. The van der Waals surface area contributed by atoms with E-state index in [2.05, 4.69) is 20.6 Å². The Morgan fingerprint density at radius 1 is 1.22 bits per heavy atom. The number of aromatic nitrogens is 2. The van der Waals surface area contributed by atoms with E-state index in [1.54, 1.807) is 7.11 Å². The molecule has 0 saturated heterocycles. The minimum atomic E-state index is -0.556. The van der Waals surface area contributed by atoms with E-state index in [0.29, 0.717) is 18.2 Å². The Bertz CT molecular complexity index is 968. The summed E-state index contributed by atoms with van der Waals surface area (Å²) in [6, 6.07) is 13.0. The second-order valence-electron chi connectivity index (χ2n) is 5.51. The number of carbonyl (C=O) groups excluding carboxylic acids is 1. The molecule has 3 aromatic rings. The van der Waals surface area contributed by atoms with E-state index in [-0.39, 0.29) is 10.7 Å². The summed E-state index contributed by atoms with van der Waals surface area (Å²) in [7, 11) is 1.60. The van der Waals surface area contributed by atoms with Crippen LogP contribution in [0.5, 0.6) is 5.75 Å². The van der Waals surface area contributed by atoms with Gasteiger partial charge in [-0.25, -0.2) is 14.4 Å². The van der Waals surface area contributed by atoms with Crippen LogP contribution >= 0.6 is 11.6 Å². The van der Waals surface area contributed by atoms with E-state index < -0.39 is 11.7 Å². The molecule has 6 nitrogen and oxygen atoms in total. The predicted octanol–water partition coefficient (Wildman–Crippen LogP) is 4.14. The Hall–Kier alpha value is -3.19. The number of halogens is 2. The van der Waals surface area contributed by atoms with E-state index >= 15 is 0 Å². The molecule has 0 atom stereocenters. The van der Waals surface area contributed by atoms with Gasteiger partial charge in [-0.1, -0.05) is 29.8 Å². The number of ether oxygens (including phenoxy) is 1. The molecule has 8 heteroatoms. The molecule has 2 N–H and O–H groups in total. The van der Waals surface area contributed by atoms with Gasteiger partial charge in [0.1, 0.15) is 17.3 Å².